The molecule has 2 heterocycles. The maximum atomic E-state index is 11.1. The van der Waals surface area contributed by atoms with Crippen molar-refractivity contribution in [2.75, 3.05) is 0 Å². The normalized spacial score (nSPS) is 15.8. The first-order valence-electron chi connectivity index (χ1n) is 3.27. The fraction of sp³-hybridized carbons (Fsp3) is 0.333. The topological polar surface area (TPSA) is 64.2 Å². The lowest BCUT2D eigenvalue weighted by Gasteiger charge is -2.05. The Balaban J connectivity index is 2.52. The number of nitrogens with zero attached hydrogens (tertiary/aromatic N) is 3. The van der Waals surface area contributed by atoms with Gasteiger partial charge in [-0.3, -0.25) is 14.5 Å². The zero-order valence-electron chi connectivity index (χ0n) is 6.11. The molecular formula is C6H8N4O. The number of hydrazine groups is 1. The summed E-state index contributed by atoms with van der Waals surface area (Å²) in [5.74, 6) is 5.16. The summed E-state index contributed by atoms with van der Waals surface area (Å²) in [5.41, 5.74) is 1.38. The largest absolute Gasteiger partial charge is 0.288 e. The Bertz CT molecular complexity index is 316. The molecule has 0 spiro atoms. The van der Waals surface area contributed by atoms with E-state index in [4.69, 9.17) is 5.84 Å². The minimum Gasteiger partial charge on any atom is -0.275 e. The quantitative estimate of drug-likeness (QED) is 0.393. The summed E-state index contributed by atoms with van der Waals surface area (Å²) in [6.07, 6.45) is 1.81. The van der Waals surface area contributed by atoms with Crippen LogP contribution >= 0.6 is 0 Å². The van der Waals surface area contributed by atoms with Crippen LogP contribution in [0.5, 0.6) is 0 Å². The maximum Gasteiger partial charge on any atom is 0.288 e. The molecule has 0 saturated heterocycles. The molecule has 1 aliphatic heterocycles. The first-order valence-corrected chi connectivity index (χ1v) is 3.27. The molecule has 1 aromatic rings. The van der Waals surface area contributed by atoms with E-state index in [1.165, 1.54) is 0 Å². The van der Waals surface area contributed by atoms with Crippen LogP contribution in [0.2, 0.25) is 0 Å². The highest BCUT2D eigenvalue weighted by atomic mass is 16.2. The van der Waals surface area contributed by atoms with Gasteiger partial charge in [0.1, 0.15) is 0 Å². The summed E-state index contributed by atoms with van der Waals surface area (Å²) in [7, 11) is 1.78. The Morgan fingerprint density at radius 2 is 2.45 bits per heavy atom. The molecule has 0 bridgehead atoms. The predicted octanol–water partition coefficient (Wildman–Crippen LogP) is -0.750. The average Bonchev–Trinajstić information content (AvgIpc) is 2.37. The Morgan fingerprint density at radius 1 is 1.73 bits per heavy atom. The molecule has 0 aromatic carbocycles. The van der Waals surface area contributed by atoms with Crippen molar-refractivity contribution in [1.29, 1.82) is 0 Å². The van der Waals surface area contributed by atoms with Crippen molar-refractivity contribution in [3.63, 3.8) is 0 Å². The molecule has 0 fully saturated rings. The van der Waals surface area contributed by atoms with E-state index in [2.05, 4.69) is 5.10 Å². The molecule has 11 heavy (non-hydrogen) atoms. The van der Waals surface area contributed by atoms with Crippen LogP contribution < -0.4 is 5.84 Å². The molecule has 1 aromatic heterocycles. The van der Waals surface area contributed by atoms with Gasteiger partial charge in [0.15, 0.2) is 5.69 Å². The van der Waals surface area contributed by atoms with Crippen molar-refractivity contribution < 1.29 is 4.79 Å². The van der Waals surface area contributed by atoms with Crippen molar-refractivity contribution in [1.82, 2.24) is 14.8 Å². The maximum absolute atomic E-state index is 11.1. The minimum atomic E-state index is -0.194. The van der Waals surface area contributed by atoms with E-state index >= 15 is 0 Å². The number of carbonyl (C=O) groups excluding carboxylic acids is 1. The fourth-order valence-electron chi connectivity index (χ4n) is 1.22. The van der Waals surface area contributed by atoms with Gasteiger partial charge in [0.05, 0.1) is 6.54 Å². The van der Waals surface area contributed by atoms with Crippen molar-refractivity contribution in [3.05, 3.63) is 17.5 Å². The van der Waals surface area contributed by atoms with Gasteiger partial charge in [0.2, 0.25) is 0 Å². The summed E-state index contributed by atoms with van der Waals surface area (Å²) in [5, 5.41) is 5.13. The number of carbonyl (C=O) groups is 1. The molecule has 0 atom stereocenters. The van der Waals surface area contributed by atoms with Gasteiger partial charge in [-0.15, -0.1) is 0 Å². The average molecular weight is 152 g/mol. The third kappa shape index (κ3) is 0.743. The fourth-order valence-corrected chi connectivity index (χ4v) is 1.22. The number of hydrogen-bond acceptors (Lipinski definition) is 3. The zero-order valence-corrected chi connectivity index (χ0v) is 6.11. The zero-order chi connectivity index (χ0) is 8.01. The number of rotatable bonds is 0. The van der Waals surface area contributed by atoms with Gasteiger partial charge in [-0.1, -0.05) is 0 Å². The Kier molecular flexibility index (Phi) is 1.05. The smallest absolute Gasteiger partial charge is 0.275 e. The van der Waals surface area contributed by atoms with E-state index in [9.17, 15) is 4.79 Å². The van der Waals surface area contributed by atoms with Crippen LogP contribution in [0.1, 0.15) is 16.1 Å². The number of aryl methyl sites for hydroxylation is 1. The molecule has 0 saturated carbocycles. The Morgan fingerprint density at radius 3 is 3.09 bits per heavy atom. The van der Waals surface area contributed by atoms with Crippen LogP contribution in [0.25, 0.3) is 0 Å². The van der Waals surface area contributed by atoms with Crippen LogP contribution in [0, 0.1) is 0 Å². The van der Waals surface area contributed by atoms with E-state index in [0.29, 0.717) is 12.2 Å². The summed E-state index contributed by atoms with van der Waals surface area (Å²) in [6.45, 7) is 0.474. The van der Waals surface area contributed by atoms with Gasteiger partial charge < -0.3 is 0 Å². The van der Waals surface area contributed by atoms with E-state index in [1.54, 1.807) is 17.9 Å². The molecule has 5 heteroatoms. The molecule has 0 radical (unpaired) electrons. The second-order valence-electron chi connectivity index (χ2n) is 2.61. The lowest BCUT2D eigenvalue weighted by molar-refractivity contribution is 0.0771. The molecular weight excluding hydrogens is 144 g/mol. The van der Waals surface area contributed by atoms with Crippen LogP contribution in [0.4, 0.5) is 0 Å². The number of hydrogen-bond donors (Lipinski definition) is 1. The van der Waals surface area contributed by atoms with E-state index in [0.717, 1.165) is 10.6 Å². The van der Waals surface area contributed by atoms with Gasteiger partial charge in [-0.2, -0.15) is 5.10 Å². The van der Waals surface area contributed by atoms with Crippen LogP contribution in [0.3, 0.4) is 0 Å². The molecule has 1 amide bonds. The van der Waals surface area contributed by atoms with Crippen molar-refractivity contribution in [2.24, 2.45) is 12.9 Å². The van der Waals surface area contributed by atoms with Crippen LogP contribution in [0.15, 0.2) is 6.20 Å². The highest BCUT2D eigenvalue weighted by molar-refractivity contribution is 5.95. The van der Waals surface area contributed by atoms with Gasteiger partial charge in [-0.25, -0.2) is 5.84 Å². The van der Waals surface area contributed by atoms with E-state index in [1.807, 2.05) is 0 Å². The SMILES string of the molecule is Cn1cc2c(n1)C(=O)N(N)C2. The van der Waals surface area contributed by atoms with E-state index < -0.39 is 0 Å². The second kappa shape index (κ2) is 1.82. The van der Waals surface area contributed by atoms with Crippen molar-refractivity contribution >= 4 is 5.91 Å². The highest BCUT2D eigenvalue weighted by Crippen LogP contribution is 2.17. The lowest BCUT2D eigenvalue weighted by Crippen LogP contribution is -2.31. The first kappa shape index (κ1) is 6.36. The molecule has 58 valence electrons. The van der Waals surface area contributed by atoms with Crippen molar-refractivity contribution in [3.8, 4) is 0 Å². The molecule has 5 nitrogen and oxygen atoms in total. The predicted molar refractivity (Wildman–Crippen MR) is 37.3 cm³/mol. The molecule has 0 aliphatic carbocycles. The summed E-state index contributed by atoms with van der Waals surface area (Å²) in [4.78, 5) is 11.1. The van der Waals surface area contributed by atoms with Crippen LogP contribution in [-0.2, 0) is 13.6 Å². The molecule has 0 unspecified atom stereocenters. The molecule has 2 N–H and O–H groups in total. The van der Waals surface area contributed by atoms with E-state index in [-0.39, 0.29) is 5.91 Å². The number of amides is 1. The monoisotopic (exact) mass is 152 g/mol. The third-order valence-corrected chi connectivity index (χ3v) is 1.71. The summed E-state index contributed by atoms with van der Waals surface area (Å²) >= 11 is 0. The van der Waals surface area contributed by atoms with Crippen LogP contribution in [-0.4, -0.2) is 20.7 Å². The number of aromatic nitrogens is 2. The standard InChI is InChI=1S/C6H8N4O/c1-9-2-4-3-10(7)6(11)5(4)8-9/h2H,3,7H2,1H3. The summed E-state index contributed by atoms with van der Waals surface area (Å²) < 4.78 is 1.62. The lowest BCUT2D eigenvalue weighted by atomic mass is 10.3. The Labute approximate surface area is 63.4 Å². The molecule has 1 aliphatic rings. The number of fused-ring (bicyclic) bond motifs is 1. The first-order chi connectivity index (χ1) is 5.18. The van der Waals surface area contributed by atoms with Gasteiger partial charge in [-0.05, 0) is 0 Å². The summed E-state index contributed by atoms with van der Waals surface area (Å²) in [6, 6.07) is 0. The van der Waals surface area contributed by atoms with Gasteiger partial charge in [0.25, 0.3) is 5.91 Å². The van der Waals surface area contributed by atoms with Gasteiger partial charge in [0, 0.05) is 18.8 Å². The van der Waals surface area contributed by atoms with Crippen molar-refractivity contribution in [2.45, 2.75) is 6.54 Å². The van der Waals surface area contributed by atoms with Gasteiger partial charge >= 0.3 is 0 Å². The highest BCUT2D eigenvalue weighted by Gasteiger charge is 2.28. The third-order valence-electron chi connectivity index (χ3n) is 1.71. The second-order valence-corrected chi connectivity index (χ2v) is 2.61. The number of nitrogens with two attached hydrogens (primary N) is 1. The molecule has 2 rings (SSSR count). The minimum absolute atomic E-state index is 0.194. The Hall–Kier alpha value is -1.36.